The number of alkyl carbamates (subject to hydrolysis) is 1. The highest BCUT2D eigenvalue weighted by Crippen LogP contribution is 2.47. The van der Waals surface area contributed by atoms with Crippen LogP contribution in [0.3, 0.4) is 0 Å². The van der Waals surface area contributed by atoms with Crippen molar-refractivity contribution in [1.82, 2.24) is 20.5 Å². The third kappa shape index (κ3) is 7.32. The fraction of sp³-hybridized carbons (Fsp3) is 0.639. The van der Waals surface area contributed by atoms with E-state index in [9.17, 15) is 24.3 Å². The number of aliphatic carboxylic acids is 1. The lowest BCUT2D eigenvalue weighted by Crippen LogP contribution is -2.56. The number of nitrogens with one attached hydrogen (secondary N) is 2. The Morgan fingerprint density at radius 1 is 1.04 bits per heavy atom. The molecule has 2 saturated carbocycles. The number of hydrogen-bond acceptors (Lipinski definition) is 8. The van der Waals surface area contributed by atoms with Gasteiger partial charge in [-0.1, -0.05) is 44.2 Å². The Morgan fingerprint density at radius 3 is 2.52 bits per heavy atom. The zero-order chi connectivity index (χ0) is 33.8. The molecule has 0 bridgehead atoms. The topological polar surface area (TPSA) is 156 Å². The second-order valence-electron chi connectivity index (χ2n) is 13.9. The van der Waals surface area contributed by atoms with Crippen molar-refractivity contribution in [3.63, 3.8) is 0 Å². The van der Waals surface area contributed by atoms with E-state index >= 15 is 0 Å². The standard InChI is InChI=1S/C36H48N4O8/c1-3-46-30-19-29(26-16-11-12-22(2)31(26)38-30)47-25-18-28-32(41)39-36(34(43)44)20-23(36)13-7-5-4-6-8-17-27(33(42)40(28)21-25)37-35(45)48-24-14-9-10-15-24/h11-12,16,19,23-25,27-28H,3-10,13-15,17-18,20-21H2,1-2H3,(H,37,45)(H,39,41)(H,43,44)/t23-,25+,27-,28-,36+/m0/s1. The summed E-state index contributed by atoms with van der Waals surface area (Å²) >= 11 is 0. The lowest BCUT2D eigenvalue weighted by Gasteiger charge is -2.29. The minimum atomic E-state index is -1.33. The molecule has 2 aliphatic carbocycles. The SMILES string of the molecule is CCOc1cc(O[C@@H]2C[C@H]3C(=O)N[C@]4(C(=O)O)C[C@@H]4CCCCCCC[C@H](NC(=O)OC4CCCC4)C(=O)N3C2)c2cccc(C)c2n1. The number of rotatable bonds is 7. The fourth-order valence-corrected chi connectivity index (χ4v) is 7.72. The molecular formula is C36H48N4O8. The van der Waals surface area contributed by atoms with E-state index in [2.05, 4.69) is 15.6 Å². The van der Waals surface area contributed by atoms with Gasteiger partial charge in [0, 0.05) is 17.9 Å². The first-order chi connectivity index (χ1) is 23.2. The second kappa shape index (κ2) is 14.6. The molecule has 3 N–H and O–H groups in total. The van der Waals surface area contributed by atoms with Crippen LogP contribution in [0.2, 0.25) is 0 Å². The largest absolute Gasteiger partial charge is 0.488 e. The average Bonchev–Trinajstić information content (AvgIpc) is 3.34. The van der Waals surface area contributed by atoms with Crippen molar-refractivity contribution in [1.29, 1.82) is 0 Å². The minimum absolute atomic E-state index is 0.0792. The summed E-state index contributed by atoms with van der Waals surface area (Å²) in [5, 5.41) is 16.7. The predicted molar refractivity (Wildman–Crippen MR) is 177 cm³/mol. The summed E-state index contributed by atoms with van der Waals surface area (Å²) in [6.45, 7) is 4.33. The quantitative estimate of drug-likeness (QED) is 0.369. The van der Waals surface area contributed by atoms with E-state index in [0.29, 0.717) is 31.1 Å². The molecule has 0 unspecified atom stereocenters. The Hall–Kier alpha value is -4.09. The number of pyridine rings is 1. The van der Waals surface area contributed by atoms with Gasteiger partial charge in [0.25, 0.3) is 0 Å². The number of ether oxygens (including phenoxy) is 3. The number of para-hydroxylation sites is 1. The summed E-state index contributed by atoms with van der Waals surface area (Å²) in [5.41, 5.74) is 0.344. The Bertz CT molecular complexity index is 1530. The fourth-order valence-electron chi connectivity index (χ4n) is 7.72. The van der Waals surface area contributed by atoms with Crippen molar-refractivity contribution < 1.29 is 38.5 Å². The van der Waals surface area contributed by atoms with Gasteiger partial charge in [0.05, 0.1) is 18.7 Å². The maximum atomic E-state index is 14.4. The summed E-state index contributed by atoms with van der Waals surface area (Å²) in [6, 6.07) is 5.63. The Balaban J connectivity index is 1.29. The van der Waals surface area contributed by atoms with Crippen molar-refractivity contribution in [3.8, 4) is 11.6 Å². The van der Waals surface area contributed by atoms with Crippen LogP contribution >= 0.6 is 0 Å². The Kier molecular flexibility index (Phi) is 10.3. The van der Waals surface area contributed by atoms with Crippen LogP contribution in [-0.2, 0) is 19.1 Å². The van der Waals surface area contributed by atoms with Gasteiger partial charge in [-0.3, -0.25) is 9.59 Å². The molecule has 48 heavy (non-hydrogen) atoms. The summed E-state index contributed by atoms with van der Waals surface area (Å²) in [7, 11) is 0. The van der Waals surface area contributed by atoms with Crippen molar-refractivity contribution in [2.45, 2.75) is 127 Å². The summed E-state index contributed by atoms with van der Waals surface area (Å²) in [4.78, 5) is 60.0. The molecule has 1 aromatic carbocycles. The van der Waals surface area contributed by atoms with Gasteiger partial charge in [-0.2, -0.15) is 0 Å². The van der Waals surface area contributed by atoms with Crippen LogP contribution < -0.4 is 20.1 Å². The first kappa shape index (κ1) is 33.8. The van der Waals surface area contributed by atoms with E-state index in [1.54, 1.807) is 6.07 Å². The van der Waals surface area contributed by atoms with Gasteiger partial charge in [-0.05, 0) is 76.3 Å². The minimum Gasteiger partial charge on any atom is -0.488 e. The zero-order valence-electron chi connectivity index (χ0n) is 28.0. The van der Waals surface area contributed by atoms with Crippen molar-refractivity contribution in [3.05, 3.63) is 29.8 Å². The maximum absolute atomic E-state index is 14.4. The normalized spacial score (nSPS) is 28.4. The monoisotopic (exact) mass is 664 g/mol. The van der Waals surface area contributed by atoms with E-state index < -0.39 is 47.6 Å². The number of aromatic nitrogens is 1. The number of hydrogen-bond donors (Lipinski definition) is 3. The summed E-state index contributed by atoms with van der Waals surface area (Å²) in [5.74, 6) is -1.19. The van der Waals surface area contributed by atoms with Crippen LogP contribution in [0.1, 0.15) is 96.0 Å². The first-order valence-electron chi connectivity index (χ1n) is 17.7. The van der Waals surface area contributed by atoms with Gasteiger partial charge in [-0.25, -0.2) is 14.6 Å². The molecule has 12 nitrogen and oxygen atoms in total. The molecule has 6 rings (SSSR count). The third-order valence-corrected chi connectivity index (χ3v) is 10.5. The lowest BCUT2D eigenvalue weighted by molar-refractivity contribution is -0.146. The zero-order valence-corrected chi connectivity index (χ0v) is 28.0. The maximum Gasteiger partial charge on any atom is 0.408 e. The number of fused-ring (bicyclic) bond motifs is 3. The molecule has 2 aromatic rings. The number of carboxylic acid groups (broad SMARTS) is 1. The molecule has 0 radical (unpaired) electrons. The summed E-state index contributed by atoms with van der Waals surface area (Å²) in [6.07, 6.45) is 8.24. The molecule has 2 saturated heterocycles. The molecule has 4 aliphatic rings. The van der Waals surface area contributed by atoms with Gasteiger partial charge < -0.3 is 34.9 Å². The molecule has 3 heterocycles. The van der Waals surface area contributed by atoms with Gasteiger partial charge >= 0.3 is 12.1 Å². The van der Waals surface area contributed by atoms with Crippen LogP contribution in [0.4, 0.5) is 4.79 Å². The van der Waals surface area contributed by atoms with Crippen molar-refractivity contribution in [2.24, 2.45) is 5.92 Å². The van der Waals surface area contributed by atoms with Crippen molar-refractivity contribution in [2.75, 3.05) is 13.2 Å². The molecule has 1 aromatic heterocycles. The van der Waals surface area contributed by atoms with E-state index in [0.717, 1.165) is 80.7 Å². The Labute approximate surface area is 281 Å². The number of carbonyl (C=O) groups is 4. The number of amides is 3. The van der Waals surface area contributed by atoms with E-state index in [1.165, 1.54) is 4.90 Å². The molecule has 2 aliphatic heterocycles. The van der Waals surface area contributed by atoms with Crippen molar-refractivity contribution >= 4 is 34.8 Å². The number of aryl methyl sites for hydroxylation is 1. The summed E-state index contributed by atoms with van der Waals surface area (Å²) < 4.78 is 18.0. The van der Waals surface area contributed by atoms with E-state index in [-0.39, 0.29) is 25.0 Å². The molecule has 260 valence electrons. The van der Waals surface area contributed by atoms with Gasteiger partial charge in [0.1, 0.15) is 35.6 Å². The lowest BCUT2D eigenvalue weighted by atomic mass is 10.0. The van der Waals surface area contributed by atoms with E-state index in [1.807, 2.05) is 32.0 Å². The van der Waals surface area contributed by atoms with E-state index in [4.69, 9.17) is 14.2 Å². The molecule has 5 atom stereocenters. The number of carbonyl (C=O) groups excluding carboxylic acids is 3. The molecule has 3 amide bonds. The highest BCUT2D eigenvalue weighted by molar-refractivity contribution is 5.96. The van der Waals surface area contributed by atoms with Gasteiger partial charge in [0.15, 0.2) is 0 Å². The Morgan fingerprint density at radius 2 is 1.77 bits per heavy atom. The molecule has 0 spiro atoms. The third-order valence-electron chi connectivity index (χ3n) is 10.5. The average molecular weight is 665 g/mol. The van der Waals surface area contributed by atoms with Crippen LogP contribution in [0.5, 0.6) is 11.6 Å². The number of nitrogens with zero attached hydrogens (tertiary/aromatic N) is 2. The molecule has 4 fully saturated rings. The van der Waals surface area contributed by atoms with Crippen LogP contribution in [0, 0.1) is 12.8 Å². The first-order valence-corrected chi connectivity index (χ1v) is 17.7. The number of benzene rings is 1. The highest BCUT2D eigenvalue weighted by Gasteiger charge is 2.62. The molecular weight excluding hydrogens is 616 g/mol. The molecule has 12 heteroatoms. The second-order valence-corrected chi connectivity index (χ2v) is 13.9. The van der Waals surface area contributed by atoms with Crippen LogP contribution in [-0.4, -0.2) is 81.8 Å². The van der Waals surface area contributed by atoms with Crippen LogP contribution in [0.15, 0.2) is 24.3 Å². The number of carboxylic acids is 1. The van der Waals surface area contributed by atoms with Gasteiger partial charge in [-0.15, -0.1) is 0 Å². The highest BCUT2D eigenvalue weighted by atomic mass is 16.6. The van der Waals surface area contributed by atoms with Crippen LogP contribution in [0.25, 0.3) is 10.9 Å². The predicted octanol–water partition coefficient (Wildman–Crippen LogP) is 5.03. The van der Waals surface area contributed by atoms with Gasteiger partial charge in [0.2, 0.25) is 17.7 Å². The smallest absolute Gasteiger partial charge is 0.408 e.